The maximum atomic E-state index is 12.5. The summed E-state index contributed by atoms with van der Waals surface area (Å²) in [7, 11) is 0. The number of piperidine rings is 1. The monoisotopic (exact) mass is 328 g/mol. The molecule has 0 radical (unpaired) electrons. The zero-order valence-corrected chi connectivity index (χ0v) is 13.7. The first kappa shape index (κ1) is 15.7. The van der Waals surface area contributed by atoms with Crippen LogP contribution in [0.2, 0.25) is 0 Å². The fraction of sp³-hybridized carbons (Fsp3) is 0.333. The van der Waals surface area contributed by atoms with Crippen LogP contribution in [0.4, 0.5) is 4.79 Å². The second kappa shape index (κ2) is 7.42. The van der Waals surface area contributed by atoms with Crippen LogP contribution >= 0.6 is 12.2 Å². The molecule has 1 unspecified atom stereocenters. The Hall–Kier alpha value is -2.14. The number of carbonyl (C=O) groups excluding carboxylic acids is 1. The van der Waals surface area contributed by atoms with E-state index in [9.17, 15) is 4.79 Å². The van der Waals surface area contributed by atoms with Crippen LogP contribution in [0.3, 0.4) is 0 Å². The van der Waals surface area contributed by atoms with Gasteiger partial charge in [-0.1, -0.05) is 48.6 Å². The van der Waals surface area contributed by atoms with Crippen molar-refractivity contribution in [2.75, 3.05) is 6.54 Å². The van der Waals surface area contributed by atoms with Crippen LogP contribution in [0.1, 0.15) is 36.4 Å². The highest BCUT2D eigenvalue weighted by Crippen LogP contribution is 2.31. The smallest absolute Gasteiger partial charge is 0.410 e. The maximum absolute atomic E-state index is 12.5. The van der Waals surface area contributed by atoms with Crippen molar-refractivity contribution in [1.82, 2.24) is 9.88 Å². The summed E-state index contributed by atoms with van der Waals surface area (Å²) in [6, 6.07) is 13.6. The third-order valence-electron chi connectivity index (χ3n) is 4.15. The minimum absolute atomic E-state index is 0.00280. The fourth-order valence-corrected chi connectivity index (χ4v) is 3.24. The first-order valence-electron chi connectivity index (χ1n) is 7.90. The van der Waals surface area contributed by atoms with E-state index in [1.165, 1.54) is 0 Å². The molecular weight excluding hydrogens is 308 g/mol. The Bertz CT molecular complexity index is 714. The van der Waals surface area contributed by atoms with Gasteiger partial charge in [-0.3, -0.25) is 0 Å². The van der Waals surface area contributed by atoms with Gasteiger partial charge < -0.3 is 14.6 Å². The molecule has 0 bridgehead atoms. The van der Waals surface area contributed by atoms with Gasteiger partial charge in [0, 0.05) is 18.3 Å². The molecule has 3 rings (SSSR count). The minimum Gasteiger partial charge on any atom is -0.445 e. The zero-order valence-electron chi connectivity index (χ0n) is 12.9. The highest BCUT2D eigenvalue weighted by atomic mass is 32.1. The number of H-pyrrole nitrogens is 1. The first-order valence-corrected chi connectivity index (χ1v) is 8.31. The number of rotatable bonds is 3. The van der Waals surface area contributed by atoms with Gasteiger partial charge in [0.15, 0.2) is 0 Å². The van der Waals surface area contributed by atoms with E-state index in [2.05, 4.69) is 4.98 Å². The molecule has 0 spiro atoms. The van der Waals surface area contributed by atoms with Crippen molar-refractivity contribution < 1.29 is 9.53 Å². The fourth-order valence-electron chi connectivity index (χ4n) is 2.97. The summed E-state index contributed by atoms with van der Waals surface area (Å²) >= 11 is 5.38. The number of hydrogen-bond donors (Lipinski definition) is 1. The summed E-state index contributed by atoms with van der Waals surface area (Å²) in [6.45, 7) is 1.01. The number of benzene rings is 1. The molecule has 1 atom stereocenters. The van der Waals surface area contributed by atoms with Crippen LogP contribution in [0, 0.1) is 4.64 Å². The van der Waals surface area contributed by atoms with Crippen molar-refractivity contribution in [3.05, 3.63) is 64.4 Å². The van der Waals surface area contributed by atoms with E-state index in [0.717, 1.165) is 30.4 Å². The summed E-state index contributed by atoms with van der Waals surface area (Å²) in [5, 5.41) is 0. The van der Waals surface area contributed by atoms with Crippen molar-refractivity contribution in [3.63, 3.8) is 0 Å². The van der Waals surface area contributed by atoms with E-state index in [1.807, 2.05) is 53.6 Å². The lowest BCUT2D eigenvalue weighted by Gasteiger charge is -2.35. The van der Waals surface area contributed by atoms with Gasteiger partial charge in [0.1, 0.15) is 11.2 Å². The van der Waals surface area contributed by atoms with Gasteiger partial charge in [-0.05, 0) is 30.9 Å². The van der Waals surface area contributed by atoms with Crippen LogP contribution < -0.4 is 0 Å². The molecule has 1 N–H and O–H groups in total. The average Bonchev–Trinajstić information content (AvgIpc) is 2.61. The van der Waals surface area contributed by atoms with Gasteiger partial charge in [-0.15, -0.1) is 0 Å². The predicted molar refractivity (Wildman–Crippen MR) is 91.6 cm³/mol. The maximum Gasteiger partial charge on any atom is 0.410 e. The molecule has 1 saturated heterocycles. The first-order chi connectivity index (χ1) is 11.3. The highest BCUT2D eigenvalue weighted by molar-refractivity contribution is 7.71. The number of nitrogens with zero attached hydrogens (tertiary/aromatic N) is 1. The zero-order chi connectivity index (χ0) is 16.1. The van der Waals surface area contributed by atoms with E-state index >= 15 is 0 Å². The molecule has 2 heterocycles. The quantitative estimate of drug-likeness (QED) is 0.837. The Morgan fingerprint density at radius 3 is 2.83 bits per heavy atom. The molecule has 1 amide bonds. The number of nitrogens with one attached hydrogen (secondary N) is 1. The lowest BCUT2D eigenvalue weighted by Crippen LogP contribution is -2.39. The molecule has 120 valence electrons. The molecule has 1 aliphatic rings. The molecule has 2 aromatic rings. The van der Waals surface area contributed by atoms with Crippen molar-refractivity contribution >= 4 is 18.3 Å². The molecule has 0 aliphatic carbocycles. The normalized spacial score (nSPS) is 17.7. The summed E-state index contributed by atoms with van der Waals surface area (Å²) < 4.78 is 6.20. The molecule has 1 aromatic heterocycles. The second-order valence-corrected chi connectivity index (χ2v) is 6.11. The molecule has 1 aliphatic heterocycles. The number of pyridine rings is 1. The van der Waals surface area contributed by atoms with E-state index < -0.39 is 0 Å². The lowest BCUT2D eigenvalue weighted by atomic mass is 9.97. The number of aromatic amines is 1. The van der Waals surface area contributed by atoms with Gasteiger partial charge in [0.2, 0.25) is 0 Å². The Morgan fingerprint density at radius 1 is 1.22 bits per heavy atom. The number of aromatic nitrogens is 1. The van der Waals surface area contributed by atoms with E-state index in [0.29, 0.717) is 17.8 Å². The van der Waals surface area contributed by atoms with Crippen LogP contribution in [0.5, 0.6) is 0 Å². The van der Waals surface area contributed by atoms with Gasteiger partial charge in [0.05, 0.1) is 6.04 Å². The molecule has 0 saturated carbocycles. The van der Waals surface area contributed by atoms with Crippen LogP contribution in [-0.2, 0) is 11.3 Å². The third-order valence-corrected chi connectivity index (χ3v) is 4.50. The molecular formula is C18H20N2O2S. The van der Waals surface area contributed by atoms with E-state index in [-0.39, 0.29) is 12.1 Å². The largest absolute Gasteiger partial charge is 0.445 e. The minimum atomic E-state index is -0.267. The number of likely N-dealkylation sites (tertiary alicyclic amines) is 1. The van der Waals surface area contributed by atoms with Crippen molar-refractivity contribution in [1.29, 1.82) is 0 Å². The predicted octanol–water partition coefficient (Wildman–Crippen LogP) is 4.61. The van der Waals surface area contributed by atoms with Crippen LogP contribution in [0.15, 0.2) is 48.7 Å². The highest BCUT2D eigenvalue weighted by Gasteiger charge is 2.29. The van der Waals surface area contributed by atoms with Crippen molar-refractivity contribution in [2.24, 2.45) is 0 Å². The Labute approximate surface area is 141 Å². The topological polar surface area (TPSA) is 45.3 Å². The summed E-state index contributed by atoms with van der Waals surface area (Å²) in [5.74, 6) is 0. The molecule has 23 heavy (non-hydrogen) atoms. The van der Waals surface area contributed by atoms with Crippen LogP contribution in [-0.4, -0.2) is 22.5 Å². The van der Waals surface area contributed by atoms with Crippen molar-refractivity contribution in [2.45, 2.75) is 31.9 Å². The van der Waals surface area contributed by atoms with Gasteiger partial charge in [0.25, 0.3) is 0 Å². The Balaban J connectivity index is 1.72. The third kappa shape index (κ3) is 3.79. The van der Waals surface area contributed by atoms with Crippen molar-refractivity contribution in [3.8, 4) is 0 Å². The number of carbonyl (C=O) groups is 1. The molecule has 1 fully saturated rings. The standard InChI is InChI=1S/C18H20N2O2S/c21-18(22-13-14-7-2-1-3-8-14)20-12-5-4-10-16(20)15-9-6-11-19-17(15)23/h1-3,6-9,11,16H,4-5,10,12-13H2,(H,19,23). The van der Waals surface area contributed by atoms with Gasteiger partial charge in [-0.25, -0.2) is 4.79 Å². The summed E-state index contributed by atoms with van der Waals surface area (Å²) in [6.07, 6.45) is 4.56. The molecule has 1 aromatic carbocycles. The molecule has 5 heteroatoms. The van der Waals surface area contributed by atoms with E-state index in [1.54, 1.807) is 0 Å². The SMILES string of the molecule is O=C(OCc1ccccc1)N1CCCCC1c1ccc[nH]c1=S. The Morgan fingerprint density at radius 2 is 2.04 bits per heavy atom. The Kier molecular flexibility index (Phi) is 5.08. The molecule has 4 nitrogen and oxygen atoms in total. The van der Waals surface area contributed by atoms with Gasteiger partial charge in [-0.2, -0.15) is 0 Å². The number of hydrogen-bond acceptors (Lipinski definition) is 3. The van der Waals surface area contributed by atoms with Crippen LogP contribution in [0.25, 0.3) is 0 Å². The summed E-state index contributed by atoms with van der Waals surface area (Å²) in [4.78, 5) is 17.4. The average molecular weight is 328 g/mol. The summed E-state index contributed by atoms with van der Waals surface area (Å²) in [5.41, 5.74) is 1.99. The number of amides is 1. The lowest BCUT2D eigenvalue weighted by molar-refractivity contribution is 0.0677. The number of ether oxygens (including phenoxy) is 1. The van der Waals surface area contributed by atoms with E-state index in [4.69, 9.17) is 17.0 Å². The van der Waals surface area contributed by atoms with Gasteiger partial charge >= 0.3 is 6.09 Å². The second-order valence-electron chi connectivity index (χ2n) is 5.70.